The van der Waals surface area contributed by atoms with Gasteiger partial charge in [0.1, 0.15) is 5.75 Å². The molecule has 0 spiro atoms. The number of hydrogen-bond donors (Lipinski definition) is 1. The minimum atomic E-state index is 0.257. The molecule has 0 aliphatic carbocycles. The van der Waals surface area contributed by atoms with E-state index in [0.717, 1.165) is 12.3 Å². The van der Waals surface area contributed by atoms with Crippen LogP contribution in [0.15, 0.2) is 28.8 Å². The van der Waals surface area contributed by atoms with Crippen molar-refractivity contribution >= 4 is 0 Å². The Kier molecular flexibility index (Phi) is 5.33. The van der Waals surface area contributed by atoms with Gasteiger partial charge >= 0.3 is 0 Å². The van der Waals surface area contributed by atoms with E-state index < -0.39 is 0 Å². The number of hydrogen-bond acceptors (Lipinski definition) is 5. The lowest BCUT2D eigenvalue weighted by Crippen LogP contribution is -2.21. The van der Waals surface area contributed by atoms with Crippen molar-refractivity contribution in [1.29, 1.82) is 0 Å². The van der Waals surface area contributed by atoms with Crippen LogP contribution in [-0.4, -0.2) is 16.2 Å². The molecule has 0 aliphatic rings. The molecule has 5 heteroatoms. The fourth-order valence-electron chi connectivity index (χ4n) is 1.77. The van der Waals surface area contributed by atoms with Crippen molar-refractivity contribution in [1.82, 2.24) is 15.5 Å². The predicted molar refractivity (Wildman–Crippen MR) is 81.1 cm³/mol. The van der Waals surface area contributed by atoms with E-state index in [4.69, 9.17) is 9.26 Å². The van der Waals surface area contributed by atoms with Crippen LogP contribution in [0.3, 0.4) is 0 Å². The first-order valence-electron chi connectivity index (χ1n) is 7.32. The molecule has 0 saturated heterocycles. The maximum atomic E-state index is 5.71. The summed E-state index contributed by atoms with van der Waals surface area (Å²) in [6.07, 6.45) is 0. The second kappa shape index (κ2) is 7.22. The molecule has 0 atom stereocenters. The van der Waals surface area contributed by atoms with Crippen LogP contribution in [0, 0.1) is 0 Å². The van der Waals surface area contributed by atoms with Gasteiger partial charge in [-0.25, -0.2) is 0 Å². The number of nitrogens with zero attached hydrogens (tertiary/aromatic N) is 2. The minimum absolute atomic E-state index is 0.257. The zero-order valence-corrected chi connectivity index (χ0v) is 13.1. The molecule has 0 amide bonds. The molecule has 2 rings (SSSR count). The smallest absolute Gasteiger partial charge is 0.264 e. The summed E-state index contributed by atoms with van der Waals surface area (Å²) in [6.45, 7) is 9.43. The molecular weight excluding hydrogens is 266 g/mol. The molecule has 0 saturated carbocycles. The van der Waals surface area contributed by atoms with Crippen LogP contribution in [0.25, 0.3) is 0 Å². The monoisotopic (exact) mass is 289 g/mol. The average molecular weight is 289 g/mol. The Bertz CT molecular complexity index is 564. The Morgan fingerprint density at radius 1 is 1.24 bits per heavy atom. The van der Waals surface area contributed by atoms with Gasteiger partial charge in [-0.3, -0.25) is 0 Å². The number of ether oxygens (including phenoxy) is 1. The molecule has 0 unspecified atom stereocenters. The van der Waals surface area contributed by atoms with E-state index in [9.17, 15) is 0 Å². The van der Waals surface area contributed by atoms with Gasteiger partial charge in [0.15, 0.2) is 12.4 Å². The Hall–Kier alpha value is -1.88. The molecule has 0 fully saturated rings. The standard InChI is InChI=1S/C16H23N3O2/c1-11(2)16-18-15(21-19-16)10-20-14-7-5-6-13(8-14)9-17-12(3)4/h5-8,11-12,17H,9-10H2,1-4H3. The van der Waals surface area contributed by atoms with Gasteiger partial charge in [-0.2, -0.15) is 4.98 Å². The number of aromatic nitrogens is 2. The minimum Gasteiger partial charge on any atom is -0.484 e. The first-order valence-corrected chi connectivity index (χ1v) is 7.32. The summed E-state index contributed by atoms with van der Waals surface area (Å²) in [6, 6.07) is 8.47. The Labute approximate surface area is 125 Å². The van der Waals surface area contributed by atoms with Crippen LogP contribution < -0.4 is 10.1 Å². The van der Waals surface area contributed by atoms with E-state index in [1.54, 1.807) is 0 Å². The fraction of sp³-hybridized carbons (Fsp3) is 0.500. The summed E-state index contributed by atoms with van der Waals surface area (Å²) in [5, 5.41) is 7.30. The van der Waals surface area contributed by atoms with Gasteiger partial charge in [0.25, 0.3) is 5.89 Å². The maximum Gasteiger partial charge on any atom is 0.264 e. The van der Waals surface area contributed by atoms with Crippen molar-refractivity contribution in [3.63, 3.8) is 0 Å². The SMILES string of the molecule is CC(C)NCc1cccc(OCc2nc(C(C)C)no2)c1. The van der Waals surface area contributed by atoms with E-state index in [0.29, 0.717) is 24.4 Å². The molecule has 1 N–H and O–H groups in total. The van der Waals surface area contributed by atoms with E-state index in [1.807, 2.05) is 32.0 Å². The van der Waals surface area contributed by atoms with Crippen LogP contribution in [0.1, 0.15) is 50.9 Å². The second-order valence-corrected chi connectivity index (χ2v) is 5.67. The van der Waals surface area contributed by atoms with Crippen molar-refractivity contribution in [3.05, 3.63) is 41.5 Å². The molecule has 1 aromatic carbocycles. The fourth-order valence-corrected chi connectivity index (χ4v) is 1.77. The van der Waals surface area contributed by atoms with Gasteiger partial charge in [-0.15, -0.1) is 0 Å². The third kappa shape index (κ3) is 4.86. The van der Waals surface area contributed by atoms with E-state index in [2.05, 4.69) is 35.4 Å². The van der Waals surface area contributed by atoms with Gasteiger partial charge in [-0.1, -0.05) is 45.0 Å². The Morgan fingerprint density at radius 2 is 2.05 bits per heavy atom. The lowest BCUT2D eigenvalue weighted by molar-refractivity contribution is 0.242. The zero-order chi connectivity index (χ0) is 15.2. The molecule has 1 heterocycles. The summed E-state index contributed by atoms with van der Waals surface area (Å²) >= 11 is 0. The maximum absolute atomic E-state index is 5.71. The molecule has 1 aromatic heterocycles. The summed E-state index contributed by atoms with van der Waals surface area (Å²) in [5.74, 6) is 2.28. The Balaban J connectivity index is 1.91. The van der Waals surface area contributed by atoms with E-state index in [-0.39, 0.29) is 5.92 Å². The highest BCUT2D eigenvalue weighted by atomic mass is 16.5. The lowest BCUT2D eigenvalue weighted by atomic mass is 10.2. The summed E-state index contributed by atoms with van der Waals surface area (Å²) < 4.78 is 10.9. The first-order chi connectivity index (χ1) is 10.0. The number of rotatable bonds is 7. The van der Waals surface area contributed by atoms with E-state index in [1.165, 1.54) is 5.56 Å². The van der Waals surface area contributed by atoms with Crippen molar-refractivity contribution < 1.29 is 9.26 Å². The van der Waals surface area contributed by atoms with Crippen LogP contribution in [0.5, 0.6) is 5.75 Å². The van der Waals surface area contributed by atoms with E-state index >= 15 is 0 Å². The molecule has 21 heavy (non-hydrogen) atoms. The zero-order valence-electron chi connectivity index (χ0n) is 13.1. The molecular formula is C16H23N3O2. The van der Waals surface area contributed by atoms with Gasteiger partial charge in [-0.05, 0) is 17.7 Å². The predicted octanol–water partition coefficient (Wildman–Crippen LogP) is 3.27. The van der Waals surface area contributed by atoms with Gasteiger partial charge in [0.2, 0.25) is 0 Å². The molecule has 114 valence electrons. The average Bonchev–Trinajstić information content (AvgIpc) is 2.92. The topological polar surface area (TPSA) is 60.2 Å². The molecule has 0 radical (unpaired) electrons. The largest absolute Gasteiger partial charge is 0.484 e. The number of benzene rings is 1. The number of nitrogens with one attached hydrogen (secondary N) is 1. The quantitative estimate of drug-likeness (QED) is 0.847. The highest BCUT2D eigenvalue weighted by Gasteiger charge is 2.10. The Morgan fingerprint density at radius 3 is 2.71 bits per heavy atom. The normalized spacial score (nSPS) is 11.3. The summed E-state index contributed by atoms with van der Waals surface area (Å²) in [5.41, 5.74) is 1.19. The second-order valence-electron chi connectivity index (χ2n) is 5.67. The van der Waals surface area contributed by atoms with Gasteiger partial charge in [0.05, 0.1) is 0 Å². The lowest BCUT2D eigenvalue weighted by Gasteiger charge is -2.09. The molecule has 5 nitrogen and oxygen atoms in total. The van der Waals surface area contributed by atoms with Gasteiger partial charge in [0, 0.05) is 18.5 Å². The summed E-state index contributed by atoms with van der Waals surface area (Å²) in [4.78, 5) is 4.29. The molecule has 0 bridgehead atoms. The van der Waals surface area contributed by atoms with Crippen molar-refractivity contribution in [2.24, 2.45) is 0 Å². The third-order valence-corrected chi connectivity index (χ3v) is 2.98. The molecule has 0 aliphatic heterocycles. The van der Waals surface area contributed by atoms with Crippen LogP contribution in [0.4, 0.5) is 0 Å². The van der Waals surface area contributed by atoms with Crippen LogP contribution in [0.2, 0.25) is 0 Å². The van der Waals surface area contributed by atoms with Crippen LogP contribution in [-0.2, 0) is 13.2 Å². The molecule has 2 aromatic rings. The van der Waals surface area contributed by atoms with Crippen LogP contribution >= 0.6 is 0 Å². The van der Waals surface area contributed by atoms with Crippen molar-refractivity contribution in [2.45, 2.75) is 52.8 Å². The summed E-state index contributed by atoms with van der Waals surface area (Å²) in [7, 11) is 0. The van der Waals surface area contributed by atoms with Gasteiger partial charge < -0.3 is 14.6 Å². The first kappa shape index (κ1) is 15.5. The highest BCUT2D eigenvalue weighted by Crippen LogP contribution is 2.16. The van der Waals surface area contributed by atoms with Crippen molar-refractivity contribution in [2.75, 3.05) is 0 Å². The van der Waals surface area contributed by atoms with Crippen molar-refractivity contribution in [3.8, 4) is 5.75 Å². The third-order valence-electron chi connectivity index (χ3n) is 2.98. The highest BCUT2D eigenvalue weighted by molar-refractivity contribution is 5.28.